The fourth-order valence-corrected chi connectivity index (χ4v) is 4.45. The van der Waals surface area contributed by atoms with Gasteiger partial charge in [0.15, 0.2) is 0 Å². The number of hydrogen-bond acceptors (Lipinski definition) is 4. The predicted octanol–water partition coefficient (Wildman–Crippen LogP) is 2.15. The van der Waals surface area contributed by atoms with Crippen molar-refractivity contribution in [2.45, 2.75) is 39.3 Å². The molecule has 1 amide bonds. The minimum Gasteiger partial charge on any atom is -0.352 e. The highest BCUT2D eigenvalue weighted by Crippen LogP contribution is 2.21. The number of aromatic nitrogens is 2. The van der Waals surface area contributed by atoms with Crippen LogP contribution in [0.25, 0.3) is 0 Å². The van der Waals surface area contributed by atoms with Gasteiger partial charge in [-0.3, -0.25) is 14.4 Å². The molecule has 1 fully saturated rings. The Kier molecular flexibility index (Phi) is 7.09. The van der Waals surface area contributed by atoms with Gasteiger partial charge in [0.25, 0.3) is 0 Å². The van der Waals surface area contributed by atoms with E-state index in [4.69, 9.17) is 0 Å². The Morgan fingerprint density at radius 3 is 2.55 bits per heavy atom. The van der Waals surface area contributed by atoms with Crippen molar-refractivity contribution in [1.82, 2.24) is 24.9 Å². The SMILES string of the molecule is Cc1nn(C)c(C)c1CCC(=O)N[C@@H]1CN(Cc2ccccc2)C[C@H]1CN(C)C. The van der Waals surface area contributed by atoms with Crippen LogP contribution in [0.3, 0.4) is 0 Å². The second-order valence-electron chi connectivity index (χ2n) is 8.65. The maximum absolute atomic E-state index is 12.7. The summed E-state index contributed by atoms with van der Waals surface area (Å²) in [5.41, 5.74) is 4.70. The molecule has 158 valence electrons. The number of rotatable bonds is 8. The van der Waals surface area contributed by atoms with Gasteiger partial charge in [-0.05, 0) is 45.5 Å². The summed E-state index contributed by atoms with van der Waals surface area (Å²) in [6, 6.07) is 10.8. The molecule has 6 nitrogen and oxygen atoms in total. The third kappa shape index (κ3) is 5.67. The summed E-state index contributed by atoms with van der Waals surface area (Å²) in [5, 5.41) is 7.79. The molecule has 1 aliphatic rings. The molecule has 6 heteroatoms. The van der Waals surface area contributed by atoms with Crippen LogP contribution in [-0.4, -0.2) is 65.3 Å². The maximum Gasteiger partial charge on any atom is 0.220 e. The van der Waals surface area contributed by atoms with Crippen LogP contribution < -0.4 is 5.32 Å². The highest BCUT2D eigenvalue weighted by Gasteiger charge is 2.33. The molecule has 1 aromatic carbocycles. The molecule has 0 unspecified atom stereocenters. The van der Waals surface area contributed by atoms with Gasteiger partial charge in [-0.2, -0.15) is 5.10 Å². The smallest absolute Gasteiger partial charge is 0.220 e. The van der Waals surface area contributed by atoms with Crippen molar-refractivity contribution >= 4 is 5.91 Å². The van der Waals surface area contributed by atoms with Crippen molar-refractivity contribution in [2.24, 2.45) is 13.0 Å². The van der Waals surface area contributed by atoms with E-state index in [-0.39, 0.29) is 11.9 Å². The second kappa shape index (κ2) is 9.55. The lowest BCUT2D eigenvalue weighted by molar-refractivity contribution is -0.121. The largest absolute Gasteiger partial charge is 0.352 e. The molecule has 2 heterocycles. The van der Waals surface area contributed by atoms with Crippen molar-refractivity contribution in [3.8, 4) is 0 Å². The van der Waals surface area contributed by atoms with E-state index in [9.17, 15) is 4.79 Å². The third-order valence-corrected chi connectivity index (χ3v) is 5.97. The summed E-state index contributed by atoms with van der Waals surface area (Å²) in [5.74, 6) is 0.586. The Morgan fingerprint density at radius 1 is 1.21 bits per heavy atom. The molecule has 3 rings (SSSR count). The Bertz CT molecular complexity index is 814. The molecule has 0 aliphatic carbocycles. The van der Waals surface area contributed by atoms with E-state index in [2.05, 4.69) is 71.6 Å². The van der Waals surface area contributed by atoms with Gasteiger partial charge in [-0.25, -0.2) is 0 Å². The zero-order valence-corrected chi connectivity index (χ0v) is 18.5. The van der Waals surface area contributed by atoms with Crippen LogP contribution in [0.1, 0.15) is 28.9 Å². The Balaban J connectivity index is 1.58. The molecule has 0 bridgehead atoms. The fraction of sp³-hybridized carbons (Fsp3) is 0.565. The lowest BCUT2D eigenvalue weighted by Gasteiger charge is -2.23. The quantitative estimate of drug-likeness (QED) is 0.742. The summed E-state index contributed by atoms with van der Waals surface area (Å²) in [6.07, 6.45) is 1.26. The standard InChI is InChI=1S/C23H35N5O/c1-17-21(18(2)27(5)25-17)11-12-23(29)24-22-16-28(15-20(22)14-26(3)4)13-19-9-7-6-8-10-19/h6-10,20,22H,11-16H2,1-5H3,(H,24,29)/t20-,22-/m1/s1. The lowest BCUT2D eigenvalue weighted by Crippen LogP contribution is -2.43. The third-order valence-electron chi connectivity index (χ3n) is 5.97. The number of aryl methyl sites for hydroxylation is 2. The molecule has 0 spiro atoms. The van der Waals surface area contributed by atoms with Crippen molar-refractivity contribution in [3.63, 3.8) is 0 Å². The lowest BCUT2D eigenvalue weighted by atomic mass is 10.0. The fourth-order valence-electron chi connectivity index (χ4n) is 4.45. The molecule has 1 aromatic heterocycles. The topological polar surface area (TPSA) is 53.4 Å². The molecule has 2 aromatic rings. The van der Waals surface area contributed by atoms with Gasteiger partial charge >= 0.3 is 0 Å². The molecule has 29 heavy (non-hydrogen) atoms. The number of nitrogens with zero attached hydrogens (tertiary/aromatic N) is 4. The zero-order chi connectivity index (χ0) is 21.0. The van der Waals surface area contributed by atoms with Gasteiger partial charge in [0.05, 0.1) is 5.69 Å². The molecular formula is C23H35N5O. The van der Waals surface area contributed by atoms with Crippen LogP contribution in [0.2, 0.25) is 0 Å². The number of amides is 1. The Labute approximate surface area is 174 Å². The van der Waals surface area contributed by atoms with E-state index >= 15 is 0 Å². The number of carbonyl (C=O) groups excluding carboxylic acids is 1. The monoisotopic (exact) mass is 397 g/mol. The van der Waals surface area contributed by atoms with Gasteiger partial charge in [0, 0.05) is 57.3 Å². The van der Waals surface area contributed by atoms with E-state index < -0.39 is 0 Å². The van der Waals surface area contributed by atoms with Crippen LogP contribution in [-0.2, 0) is 24.8 Å². The first kappa shape index (κ1) is 21.5. The number of likely N-dealkylation sites (tertiary alicyclic amines) is 1. The summed E-state index contributed by atoms with van der Waals surface area (Å²) in [7, 11) is 6.16. The summed E-state index contributed by atoms with van der Waals surface area (Å²) >= 11 is 0. The predicted molar refractivity (Wildman–Crippen MR) is 117 cm³/mol. The first-order valence-electron chi connectivity index (χ1n) is 10.5. The Hall–Kier alpha value is -2.18. The molecular weight excluding hydrogens is 362 g/mol. The van der Waals surface area contributed by atoms with Crippen molar-refractivity contribution < 1.29 is 4.79 Å². The van der Waals surface area contributed by atoms with Gasteiger partial charge < -0.3 is 10.2 Å². The number of benzene rings is 1. The summed E-state index contributed by atoms with van der Waals surface area (Å²) in [6.45, 7) is 7.93. The minimum atomic E-state index is 0.142. The Morgan fingerprint density at radius 2 is 1.93 bits per heavy atom. The summed E-state index contributed by atoms with van der Waals surface area (Å²) < 4.78 is 1.90. The van der Waals surface area contributed by atoms with Crippen LogP contribution in [0.5, 0.6) is 0 Å². The molecule has 0 saturated carbocycles. The number of carbonyl (C=O) groups is 1. The van der Waals surface area contributed by atoms with E-state index in [1.807, 2.05) is 18.7 Å². The molecule has 1 aliphatic heterocycles. The van der Waals surface area contributed by atoms with Crippen LogP contribution in [0.4, 0.5) is 0 Å². The van der Waals surface area contributed by atoms with Crippen molar-refractivity contribution in [3.05, 3.63) is 52.8 Å². The van der Waals surface area contributed by atoms with Gasteiger partial charge in [0.1, 0.15) is 0 Å². The van der Waals surface area contributed by atoms with Gasteiger partial charge in [0.2, 0.25) is 5.91 Å². The maximum atomic E-state index is 12.7. The van der Waals surface area contributed by atoms with E-state index in [0.29, 0.717) is 12.3 Å². The number of hydrogen-bond donors (Lipinski definition) is 1. The summed E-state index contributed by atoms with van der Waals surface area (Å²) in [4.78, 5) is 17.4. The minimum absolute atomic E-state index is 0.142. The molecule has 1 N–H and O–H groups in total. The van der Waals surface area contributed by atoms with Crippen LogP contribution in [0.15, 0.2) is 30.3 Å². The molecule has 1 saturated heterocycles. The second-order valence-corrected chi connectivity index (χ2v) is 8.65. The highest BCUT2D eigenvalue weighted by molar-refractivity contribution is 5.76. The average molecular weight is 398 g/mol. The molecule has 0 radical (unpaired) electrons. The van der Waals surface area contributed by atoms with E-state index in [0.717, 1.165) is 44.0 Å². The van der Waals surface area contributed by atoms with Crippen molar-refractivity contribution in [1.29, 1.82) is 0 Å². The van der Waals surface area contributed by atoms with E-state index in [1.54, 1.807) is 0 Å². The first-order valence-corrected chi connectivity index (χ1v) is 10.5. The zero-order valence-electron chi connectivity index (χ0n) is 18.5. The van der Waals surface area contributed by atoms with Crippen molar-refractivity contribution in [2.75, 3.05) is 33.7 Å². The first-order chi connectivity index (χ1) is 13.8. The normalized spacial score (nSPS) is 19.8. The molecule has 2 atom stereocenters. The number of nitrogens with one attached hydrogen (secondary N) is 1. The van der Waals surface area contributed by atoms with Crippen LogP contribution >= 0.6 is 0 Å². The van der Waals surface area contributed by atoms with Gasteiger partial charge in [-0.15, -0.1) is 0 Å². The van der Waals surface area contributed by atoms with Gasteiger partial charge in [-0.1, -0.05) is 30.3 Å². The average Bonchev–Trinajstić information content (AvgIpc) is 3.13. The highest BCUT2D eigenvalue weighted by atomic mass is 16.1. The van der Waals surface area contributed by atoms with E-state index in [1.165, 1.54) is 11.1 Å². The van der Waals surface area contributed by atoms with Crippen LogP contribution in [0, 0.1) is 19.8 Å².